The van der Waals surface area contributed by atoms with E-state index in [-0.39, 0.29) is 36.5 Å². The number of esters is 1. The Morgan fingerprint density at radius 1 is 1.02 bits per heavy atom. The molecule has 1 amide bonds. The Balaban J connectivity index is 1.38. The molecule has 8 atom stereocenters. The number of halogens is 3. The normalized spacial score (nSPS) is 32.6. The van der Waals surface area contributed by atoms with Gasteiger partial charge in [0.1, 0.15) is 41.9 Å². The molecule has 9 nitrogen and oxygen atoms in total. The first-order valence-corrected chi connectivity index (χ1v) is 16.0. The number of fused-ring (bicyclic) bond motifs is 7. The number of carbonyl (C=O) groups is 3. The Hall–Kier alpha value is -3.44. The van der Waals surface area contributed by atoms with Crippen molar-refractivity contribution in [2.75, 3.05) is 13.7 Å². The highest BCUT2D eigenvalue weighted by atomic mass is 19.4. The molecule has 1 aromatic heterocycles. The van der Waals surface area contributed by atoms with Crippen molar-refractivity contribution in [3.63, 3.8) is 0 Å². The first kappa shape index (κ1) is 31.5. The molecular formula is C33H40F3N3O6. The number of ether oxygens (including phenoxy) is 3. The Morgan fingerprint density at radius 2 is 1.82 bits per heavy atom. The molecule has 0 spiro atoms. The maximum atomic E-state index is 14.6. The fourth-order valence-corrected chi connectivity index (χ4v) is 7.75. The van der Waals surface area contributed by atoms with Crippen LogP contribution in [0.1, 0.15) is 64.5 Å². The fourth-order valence-electron chi connectivity index (χ4n) is 7.75. The van der Waals surface area contributed by atoms with Crippen LogP contribution in [0.2, 0.25) is 0 Å². The maximum absolute atomic E-state index is 14.6. The Morgan fingerprint density at radius 3 is 2.53 bits per heavy atom. The molecule has 2 aromatic rings. The summed E-state index contributed by atoms with van der Waals surface area (Å²) in [5.41, 5.74) is 1.37. The summed E-state index contributed by atoms with van der Waals surface area (Å²) in [6, 6.07) is 3.29. The third-order valence-corrected chi connectivity index (χ3v) is 10.3. The lowest BCUT2D eigenvalue weighted by molar-refractivity contribution is -0.195. The molecule has 2 unspecified atom stereocenters. The first-order valence-electron chi connectivity index (χ1n) is 16.0. The van der Waals surface area contributed by atoms with Crippen LogP contribution < -0.4 is 9.47 Å². The SMILES string of the molecule is COc1ccc2nc3c(nc2c1)O[C@H]1CN(C(=O)[C@H](C(C)C)CC(=O)O[C@@H]2CC4CC4[C@H]2CCCCC3)[C@H](C=O)[C@@H]1C(F)(F)F. The lowest BCUT2D eigenvalue weighted by atomic mass is 9.90. The van der Waals surface area contributed by atoms with Gasteiger partial charge in [-0.2, -0.15) is 13.2 Å². The fraction of sp³-hybridized carbons (Fsp3) is 0.667. The number of methoxy groups -OCH3 is 1. The van der Waals surface area contributed by atoms with Crippen LogP contribution >= 0.6 is 0 Å². The minimum atomic E-state index is -4.86. The number of aromatic nitrogens is 2. The van der Waals surface area contributed by atoms with Gasteiger partial charge >= 0.3 is 12.1 Å². The van der Waals surface area contributed by atoms with Crippen LogP contribution in [0.15, 0.2) is 18.2 Å². The number of aldehydes is 1. The average molecular weight is 632 g/mol. The molecule has 0 N–H and O–H groups in total. The third kappa shape index (κ3) is 6.34. The van der Waals surface area contributed by atoms with Gasteiger partial charge in [-0.25, -0.2) is 9.97 Å². The Bertz CT molecular complexity index is 1450. The van der Waals surface area contributed by atoms with Gasteiger partial charge in [0.2, 0.25) is 11.8 Å². The second-order valence-electron chi connectivity index (χ2n) is 13.4. The van der Waals surface area contributed by atoms with Gasteiger partial charge in [-0.3, -0.25) is 9.59 Å². The largest absolute Gasteiger partial charge is 0.497 e. The van der Waals surface area contributed by atoms with Gasteiger partial charge in [-0.1, -0.05) is 26.7 Å². The van der Waals surface area contributed by atoms with Gasteiger partial charge in [0.25, 0.3) is 0 Å². The quantitative estimate of drug-likeness (QED) is 0.331. The molecule has 1 aromatic carbocycles. The Labute approximate surface area is 260 Å². The molecule has 12 heteroatoms. The first-order chi connectivity index (χ1) is 21.5. The number of benzene rings is 1. The summed E-state index contributed by atoms with van der Waals surface area (Å²) < 4.78 is 61.2. The van der Waals surface area contributed by atoms with Gasteiger partial charge in [0, 0.05) is 6.07 Å². The monoisotopic (exact) mass is 631 g/mol. The van der Waals surface area contributed by atoms with Gasteiger partial charge in [0.15, 0.2) is 0 Å². The van der Waals surface area contributed by atoms with Gasteiger partial charge in [-0.05, 0) is 67.9 Å². The summed E-state index contributed by atoms with van der Waals surface area (Å²) in [5.74, 6) is -3.00. The maximum Gasteiger partial charge on any atom is 0.397 e. The third-order valence-electron chi connectivity index (χ3n) is 10.3. The summed E-state index contributed by atoms with van der Waals surface area (Å²) in [6.45, 7) is 2.99. The van der Waals surface area contributed by atoms with Crippen molar-refractivity contribution in [2.45, 2.75) is 89.6 Å². The molecule has 2 aliphatic carbocycles. The number of amides is 1. The molecule has 0 radical (unpaired) electrons. The van der Waals surface area contributed by atoms with Crippen LogP contribution in [-0.2, 0) is 25.5 Å². The highest BCUT2D eigenvalue weighted by molar-refractivity contribution is 5.86. The smallest absolute Gasteiger partial charge is 0.397 e. The predicted molar refractivity (Wildman–Crippen MR) is 156 cm³/mol. The molecule has 1 saturated heterocycles. The van der Waals surface area contributed by atoms with E-state index in [9.17, 15) is 27.6 Å². The zero-order valence-electron chi connectivity index (χ0n) is 25.8. The van der Waals surface area contributed by atoms with Crippen LogP contribution in [0, 0.1) is 35.5 Å². The summed E-state index contributed by atoms with van der Waals surface area (Å²) in [6.07, 6.45) is -0.988. The molecule has 6 rings (SSSR count). The predicted octanol–water partition coefficient (Wildman–Crippen LogP) is 5.32. The number of rotatable bonds is 3. The van der Waals surface area contributed by atoms with Gasteiger partial charge in [-0.15, -0.1) is 0 Å². The van der Waals surface area contributed by atoms with E-state index in [0.29, 0.717) is 47.2 Å². The van der Waals surface area contributed by atoms with E-state index in [1.165, 1.54) is 7.11 Å². The van der Waals surface area contributed by atoms with Crippen molar-refractivity contribution < 1.29 is 41.8 Å². The van der Waals surface area contributed by atoms with Crippen molar-refractivity contribution in [3.8, 4) is 11.6 Å². The van der Waals surface area contributed by atoms with E-state index >= 15 is 0 Å². The number of aryl methyl sites for hydroxylation is 1. The molecule has 3 heterocycles. The van der Waals surface area contributed by atoms with Crippen LogP contribution in [0.5, 0.6) is 11.6 Å². The van der Waals surface area contributed by atoms with Crippen molar-refractivity contribution in [2.24, 2.45) is 35.5 Å². The zero-order valence-corrected chi connectivity index (χ0v) is 25.8. The number of hydrogen-bond acceptors (Lipinski definition) is 8. The molecule has 2 saturated carbocycles. The minimum absolute atomic E-state index is 0.0456. The van der Waals surface area contributed by atoms with E-state index in [2.05, 4.69) is 4.98 Å². The number of carbonyl (C=O) groups excluding carboxylic acids is 3. The van der Waals surface area contributed by atoms with Crippen molar-refractivity contribution >= 4 is 29.2 Å². The molecular weight excluding hydrogens is 591 g/mol. The van der Waals surface area contributed by atoms with Gasteiger partial charge in [0.05, 0.1) is 37.0 Å². The van der Waals surface area contributed by atoms with E-state index in [1.807, 2.05) is 0 Å². The van der Waals surface area contributed by atoms with E-state index < -0.39 is 48.6 Å². The van der Waals surface area contributed by atoms with Crippen molar-refractivity contribution in [1.29, 1.82) is 0 Å². The van der Waals surface area contributed by atoms with Crippen LogP contribution in [0.25, 0.3) is 11.0 Å². The van der Waals surface area contributed by atoms with E-state index in [0.717, 1.165) is 37.0 Å². The topological polar surface area (TPSA) is 108 Å². The summed E-state index contributed by atoms with van der Waals surface area (Å²) in [4.78, 5) is 49.6. The summed E-state index contributed by atoms with van der Waals surface area (Å²) in [5, 5.41) is 0. The number of alkyl halides is 3. The molecule has 4 aliphatic rings. The second-order valence-corrected chi connectivity index (χ2v) is 13.4. The van der Waals surface area contributed by atoms with Crippen LogP contribution in [-0.4, -0.2) is 71.1 Å². The highest BCUT2D eigenvalue weighted by Crippen LogP contribution is 2.58. The standard InChI is InChI=1S/C33H40F3N3O6/c1-17(2)21-14-29(41)44-27-12-18-11-22(18)20(27)7-5-4-6-8-24-31(38-25-13-19(43-3)9-10-23(25)37-24)45-28-15-39(32(21)42)26(16-40)30(28)33(34,35)36/h9-10,13,16-18,20-22,26-28,30H,4-8,11-12,14-15H2,1-3H3/t18?,20-,21+,22?,26-,27-,28+,30+/m1/s1. The highest BCUT2D eigenvalue weighted by Gasteiger charge is 2.59. The molecule has 2 aliphatic heterocycles. The Kier molecular flexibility index (Phi) is 8.69. The second kappa shape index (κ2) is 12.4. The number of nitrogens with zero attached hydrogens (tertiary/aromatic N) is 3. The molecule has 45 heavy (non-hydrogen) atoms. The van der Waals surface area contributed by atoms with Crippen LogP contribution in [0.4, 0.5) is 13.2 Å². The molecule has 3 fully saturated rings. The zero-order chi connectivity index (χ0) is 32.0. The summed E-state index contributed by atoms with van der Waals surface area (Å²) in [7, 11) is 1.50. The van der Waals surface area contributed by atoms with Crippen LogP contribution in [0.3, 0.4) is 0 Å². The average Bonchev–Trinajstić information content (AvgIpc) is 3.52. The van der Waals surface area contributed by atoms with Gasteiger partial charge < -0.3 is 23.9 Å². The minimum Gasteiger partial charge on any atom is -0.497 e. The lowest BCUT2D eigenvalue weighted by Crippen LogP contribution is -2.47. The molecule has 244 valence electrons. The van der Waals surface area contributed by atoms with E-state index in [1.54, 1.807) is 32.0 Å². The van der Waals surface area contributed by atoms with Crippen molar-refractivity contribution in [3.05, 3.63) is 23.9 Å². The summed E-state index contributed by atoms with van der Waals surface area (Å²) >= 11 is 0. The van der Waals surface area contributed by atoms with Crippen molar-refractivity contribution in [1.82, 2.24) is 14.9 Å². The number of hydrogen-bond donors (Lipinski definition) is 0. The van der Waals surface area contributed by atoms with E-state index in [4.69, 9.17) is 19.2 Å². The lowest BCUT2D eigenvalue weighted by Gasteiger charge is -2.30. The molecule has 2 bridgehead atoms.